The lowest BCUT2D eigenvalue weighted by atomic mass is 10.1. The fourth-order valence-electron chi connectivity index (χ4n) is 4.03. The van der Waals surface area contributed by atoms with Crippen LogP contribution in [0.2, 0.25) is 0 Å². The summed E-state index contributed by atoms with van der Waals surface area (Å²) in [5, 5.41) is 11.5. The third kappa shape index (κ3) is 4.52. The molecule has 0 bridgehead atoms. The van der Waals surface area contributed by atoms with Crippen molar-refractivity contribution in [2.45, 2.75) is 53.9 Å². The van der Waals surface area contributed by atoms with E-state index in [1.807, 2.05) is 42.8 Å². The Morgan fingerprint density at radius 2 is 1.62 bits per heavy atom. The van der Waals surface area contributed by atoms with Crippen LogP contribution in [-0.2, 0) is 24.1 Å². The van der Waals surface area contributed by atoms with E-state index in [0.717, 1.165) is 17.3 Å². The maximum Gasteiger partial charge on any atom is 0.417 e. The van der Waals surface area contributed by atoms with Crippen LogP contribution in [0.5, 0.6) is 0 Å². The molecule has 0 aliphatic carbocycles. The average Bonchev–Trinajstić information content (AvgIpc) is 3.19. The number of amides is 1. The fourth-order valence-corrected chi connectivity index (χ4v) is 4.03. The van der Waals surface area contributed by atoms with Gasteiger partial charge < -0.3 is 5.32 Å². The van der Waals surface area contributed by atoms with Crippen LogP contribution < -0.4 is 5.32 Å². The SMILES string of the molecule is Cc1ccc(Cn2nc(C)c(NC(=O)Cn3nc(C)c4c(C(F)(F)F)cc(C)nc43)c2C)cc1. The first-order chi connectivity index (χ1) is 15.9. The first kappa shape index (κ1) is 23.5. The van der Waals surface area contributed by atoms with Crippen molar-refractivity contribution < 1.29 is 18.0 Å². The third-order valence-corrected chi connectivity index (χ3v) is 5.70. The van der Waals surface area contributed by atoms with Crippen LogP contribution in [0, 0.1) is 34.6 Å². The summed E-state index contributed by atoms with van der Waals surface area (Å²) in [5.41, 5.74) is 3.84. The van der Waals surface area contributed by atoms with E-state index in [1.165, 1.54) is 24.1 Å². The van der Waals surface area contributed by atoms with E-state index in [4.69, 9.17) is 0 Å². The molecule has 0 atom stereocenters. The normalized spacial score (nSPS) is 11.9. The van der Waals surface area contributed by atoms with Gasteiger partial charge in [0.15, 0.2) is 5.65 Å². The highest BCUT2D eigenvalue weighted by molar-refractivity contribution is 5.93. The van der Waals surface area contributed by atoms with Gasteiger partial charge in [0.1, 0.15) is 6.54 Å². The lowest BCUT2D eigenvalue weighted by Gasteiger charge is -2.10. The maximum absolute atomic E-state index is 13.6. The summed E-state index contributed by atoms with van der Waals surface area (Å²) in [6.07, 6.45) is -4.55. The summed E-state index contributed by atoms with van der Waals surface area (Å²) in [5.74, 6) is -0.428. The van der Waals surface area contributed by atoms with Crippen LogP contribution in [0.3, 0.4) is 0 Å². The zero-order valence-corrected chi connectivity index (χ0v) is 19.6. The number of nitrogens with zero attached hydrogens (tertiary/aromatic N) is 5. The van der Waals surface area contributed by atoms with E-state index in [1.54, 1.807) is 6.92 Å². The molecule has 0 unspecified atom stereocenters. The van der Waals surface area contributed by atoms with Gasteiger partial charge in [0.25, 0.3) is 0 Å². The largest absolute Gasteiger partial charge is 0.417 e. The van der Waals surface area contributed by atoms with Crippen molar-refractivity contribution in [2.24, 2.45) is 0 Å². The van der Waals surface area contributed by atoms with Crippen molar-refractivity contribution in [1.82, 2.24) is 24.5 Å². The molecule has 1 amide bonds. The van der Waals surface area contributed by atoms with E-state index in [-0.39, 0.29) is 29.0 Å². The average molecular weight is 470 g/mol. The number of alkyl halides is 3. The van der Waals surface area contributed by atoms with Gasteiger partial charge in [0.2, 0.25) is 5.91 Å². The van der Waals surface area contributed by atoms with Crippen LogP contribution in [0.1, 0.15) is 39.5 Å². The Labute approximate surface area is 194 Å². The highest BCUT2D eigenvalue weighted by atomic mass is 19.4. The number of anilines is 1. The zero-order chi connectivity index (χ0) is 24.8. The van der Waals surface area contributed by atoms with Gasteiger partial charge in [-0.05, 0) is 46.2 Å². The standard InChI is InChI=1S/C24H25F3N6O/c1-13-6-8-18(9-7-13)11-32-17(5)22(16(4)31-32)29-20(34)12-33-23-21(15(3)30-33)19(24(25,26)27)10-14(2)28-23/h6-10H,11-12H2,1-5H3,(H,29,34). The second-order valence-electron chi connectivity index (χ2n) is 8.49. The number of nitrogens with one attached hydrogen (secondary N) is 1. The van der Waals surface area contributed by atoms with Crippen LogP contribution in [0.4, 0.5) is 18.9 Å². The number of aryl methyl sites for hydroxylation is 4. The number of pyridine rings is 1. The van der Waals surface area contributed by atoms with Crippen molar-refractivity contribution >= 4 is 22.6 Å². The number of hydrogen-bond donors (Lipinski definition) is 1. The summed E-state index contributed by atoms with van der Waals surface area (Å²) in [6, 6.07) is 9.11. The van der Waals surface area contributed by atoms with E-state index in [9.17, 15) is 18.0 Å². The molecular formula is C24H25F3N6O. The molecule has 1 N–H and O–H groups in total. The molecular weight excluding hydrogens is 445 g/mol. The highest BCUT2D eigenvalue weighted by Crippen LogP contribution is 2.36. The zero-order valence-electron chi connectivity index (χ0n) is 19.6. The summed E-state index contributed by atoms with van der Waals surface area (Å²) < 4.78 is 43.7. The molecule has 4 aromatic rings. The molecule has 10 heteroatoms. The first-order valence-electron chi connectivity index (χ1n) is 10.8. The van der Waals surface area contributed by atoms with Gasteiger partial charge in [0, 0.05) is 5.69 Å². The second kappa shape index (κ2) is 8.58. The first-order valence-corrected chi connectivity index (χ1v) is 10.8. The van der Waals surface area contributed by atoms with Gasteiger partial charge in [-0.2, -0.15) is 23.4 Å². The molecule has 0 spiro atoms. The van der Waals surface area contributed by atoms with Crippen molar-refractivity contribution in [3.63, 3.8) is 0 Å². The van der Waals surface area contributed by atoms with Gasteiger partial charge in [-0.15, -0.1) is 0 Å². The number of rotatable bonds is 5. The molecule has 178 valence electrons. The van der Waals surface area contributed by atoms with Crippen LogP contribution in [0.15, 0.2) is 30.3 Å². The van der Waals surface area contributed by atoms with E-state index >= 15 is 0 Å². The van der Waals surface area contributed by atoms with Crippen LogP contribution in [-0.4, -0.2) is 30.5 Å². The number of halogens is 3. The predicted octanol–water partition coefficient (Wildman–Crippen LogP) is 4.88. The minimum atomic E-state index is -4.55. The summed E-state index contributed by atoms with van der Waals surface area (Å²) in [7, 11) is 0. The molecule has 0 fully saturated rings. The number of fused-ring (bicyclic) bond motifs is 1. The van der Waals surface area contributed by atoms with Gasteiger partial charge in [0.05, 0.1) is 40.3 Å². The van der Waals surface area contributed by atoms with Crippen molar-refractivity contribution in [1.29, 1.82) is 0 Å². The van der Waals surface area contributed by atoms with Crippen LogP contribution >= 0.6 is 0 Å². The van der Waals surface area contributed by atoms with E-state index < -0.39 is 17.6 Å². The molecule has 3 aromatic heterocycles. The van der Waals surface area contributed by atoms with Crippen LogP contribution in [0.25, 0.3) is 11.0 Å². The molecule has 4 rings (SSSR count). The highest BCUT2D eigenvalue weighted by Gasteiger charge is 2.35. The molecule has 0 aliphatic rings. The number of aromatic nitrogens is 5. The van der Waals surface area contributed by atoms with Crippen molar-refractivity contribution in [2.75, 3.05) is 5.32 Å². The molecule has 3 heterocycles. The smallest absolute Gasteiger partial charge is 0.321 e. The molecule has 7 nitrogen and oxygen atoms in total. The van der Waals surface area contributed by atoms with E-state index in [2.05, 4.69) is 20.5 Å². The fraction of sp³-hybridized carbons (Fsp3) is 0.333. The monoisotopic (exact) mass is 470 g/mol. The lowest BCUT2D eigenvalue weighted by molar-refractivity contribution is -0.136. The van der Waals surface area contributed by atoms with Gasteiger partial charge >= 0.3 is 6.18 Å². The molecule has 0 aliphatic heterocycles. The van der Waals surface area contributed by atoms with E-state index in [0.29, 0.717) is 17.9 Å². The number of carbonyl (C=O) groups excluding carboxylic acids is 1. The Morgan fingerprint density at radius 3 is 2.26 bits per heavy atom. The van der Waals surface area contributed by atoms with Gasteiger partial charge in [-0.1, -0.05) is 29.8 Å². The number of carbonyl (C=O) groups is 1. The Kier molecular flexibility index (Phi) is 5.93. The molecule has 0 radical (unpaired) electrons. The number of benzene rings is 1. The minimum Gasteiger partial charge on any atom is -0.321 e. The maximum atomic E-state index is 13.6. The second-order valence-corrected chi connectivity index (χ2v) is 8.49. The quantitative estimate of drug-likeness (QED) is 0.451. The molecule has 34 heavy (non-hydrogen) atoms. The predicted molar refractivity (Wildman–Crippen MR) is 123 cm³/mol. The number of hydrogen-bond acceptors (Lipinski definition) is 4. The summed E-state index contributed by atoms with van der Waals surface area (Å²) in [6.45, 7) is 8.91. The molecule has 0 saturated carbocycles. The molecule has 1 aromatic carbocycles. The Hall–Kier alpha value is -3.69. The Bertz CT molecular complexity index is 1380. The summed E-state index contributed by atoms with van der Waals surface area (Å²) >= 11 is 0. The molecule has 0 saturated heterocycles. The van der Waals surface area contributed by atoms with Gasteiger partial charge in [-0.3, -0.25) is 9.48 Å². The van der Waals surface area contributed by atoms with Crippen molar-refractivity contribution in [3.05, 3.63) is 69.8 Å². The third-order valence-electron chi connectivity index (χ3n) is 5.70. The Balaban J connectivity index is 1.58. The summed E-state index contributed by atoms with van der Waals surface area (Å²) in [4.78, 5) is 17.1. The topological polar surface area (TPSA) is 77.6 Å². The van der Waals surface area contributed by atoms with Crippen molar-refractivity contribution in [3.8, 4) is 0 Å². The lowest BCUT2D eigenvalue weighted by Crippen LogP contribution is -2.20. The van der Waals surface area contributed by atoms with Gasteiger partial charge in [-0.25, -0.2) is 9.67 Å². The minimum absolute atomic E-state index is 0.0310. The Morgan fingerprint density at radius 1 is 0.971 bits per heavy atom.